The van der Waals surface area contributed by atoms with Crippen molar-refractivity contribution >= 4 is 41.2 Å². The third-order valence-corrected chi connectivity index (χ3v) is 5.42. The van der Waals surface area contributed by atoms with Crippen LogP contribution in [0.1, 0.15) is 22.5 Å². The SMILES string of the molecule is Cc1ccc(Cl)cc1-n1c(C)cc(/C=C2\C(=O)NC(=O)N(c3cccnc3)C2=O)c1C. The van der Waals surface area contributed by atoms with Crippen LogP contribution in [0.2, 0.25) is 5.02 Å². The first kappa shape index (κ1) is 20.6. The van der Waals surface area contributed by atoms with Crippen molar-refractivity contribution in [2.45, 2.75) is 20.8 Å². The highest BCUT2D eigenvalue weighted by Gasteiger charge is 2.37. The Morgan fingerprint density at radius 1 is 1.06 bits per heavy atom. The van der Waals surface area contributed by atoms with Gasteiger partial charge in [0.15, 0.2) is 0 Å². The van der Waals surface area contributed by atoms with Gasteiger partial charge in [-0.15, -0.1) is 0 Å². The second kappa shape index (κ2) is 7.85. The molecule has 0 radical (unpaired) electrons. The molecular weight excluding hydrogens is 416 g/mol. The minimum Gasteiger partial charge on any atom is -0.318 e. The third kappa shape index (κ3) is 3.64. The number of pyridine rings is 1. The second-order valence-electron chi connectivity index (χ2n) is 7.26. The smallest absolute Gasteiger partial charge is 0.318 e. The van der Waals surface area contributed by atoms with Crippen LogP contribution in [0.3, 0.4) is 0 Å². The van der Waals surface area contributed by atoms with Crippen molar-refractivity contribution in [1.29, 1.82) is 0 Å². The molecule has 0 bridgehead atoms. The number of amides is 4. The summed E-state index contributed by atoms with van der Waals surface area (Å²) in [5.41, 5.74) is 4.54. The Hall–Kier alpha value is -3.71. The van der Waals surface area contributed by atoms with Crippen LogP contribution in [0.15, 0.2) is 54.4 Å². The van der Waals surface area contributed by atoms with Crippen molar-refractivity contribution in [2.75, 3.05) is 4.90 Å². The lowest BCUT2D eigenvalue weighted by molar-refractivity contribution is -0.122. The van der Waals surface area contributed by atoms with E-state index >= 15 is 0 Å². The number of carbonyl (C=O) groups excluding carboxylic acids is 3. The number of nitrogens with zero attached hydrogens (tertiary/aromatic N) is 3. The van der Waals surface area contributed by atoms with Gasteiger partial charge in [-0.1, -0.05) is 17.7 Å². The number of aryl methyl sites for hydroxylation is 2. The largest absolute Gasteiger partial charge is 0.336 e. The van der Waals surface area contributed by atoms with Crippen LogP contribution < -0.4 is 10.2 Å². The van der Waals surface area contributed by atoms with Crippen LogP contribution >= 0.6 is 11.6 Å². The number of barbiturate groups is 1. The second-order valence-corrected chi connectivity index (χ2v) is 7.70. The Bertz CT molecular complexity index is 1260. The lowest BCUT2D eigenvalue weighted by Crippen LogP contribution is -2.54. The summed E-state index contributed by atoms with van der Waals surface area (Å²) >= 11 is 6.19. The summed E-state index contributed by atoms with van der Waals surface area (Å²) in [6.45, 7) is 5.82. The molecule has 1 aliphatic rings. The lowest BCUT2D eigenvalue weighted by atomic mass is 10.1. The Labute approximate surface area is 184 Å². The molecule has 8 heteroatoms. The molecule has 4 rings (SSSR count). The van der Waals surface area contributed by atoms with E-state index in [1.54, 1.807) is 12.1 Å². The lowest BCUT2D eigenvalue weighted by Gasteiger charge is -2.26. The molecule has 3 aromatic rings. The molecule has 0 unspecified atom stereocenters. The number of imide groups is 2. The van der Waals surface area contributed by atoms with E-state index in [9.17, 15) is 14.4 Å². The van der Waals surface area contributed by atoms with E-state index in [-0.39, 0.29) is 11.3 Å². The first-order valence-corrected chi connectivity index (χ1v) is 9.92. The number of anilines is 1. The Morgan fingerprint density at radius 3 is 2.55 bits per heavy atom. The summed E-state index contributed by atoms with van der Waals surface area (Å²) in [5, 5.41) is 2.84. The van der Waals surface area contributed by atoms with Crippen molar-refractivity contribution < 1.29 is 14.4 Å². The van der Waals surface area contributed by atoms with E-state index in [1.807, 2.05) is 49.6 Å². The van der Waals surface area contributed by atoms with Crippen LogP contribution in [-0.2, 0) is 9.59 Å². The van der Waals surface area contributed by atoms with E-state index in [0.29, 0.717) is 10.6 Å². The summed E-state index contributed by atoms with van der Waals surface area (Å²) < 4.78 is 2.02. The van der Waals surface area contributed by atoms with Crippen LogP contribution in [0.25, 0.3) is 11.8 Å². The molecule has 156 valence electrons. The molecule has 4 amide bonds. The fourth-order valence-electron chi connectivity index (χ4n) is 3.66. The summed E-state index contributed by atoms with van der Waals surface area (Å²) in [5.74, 6) is -1.44. The zero-order valence-corrected chi connectivity index (χ0v) is 17.9. The zero-order chi connectivity index (χ0) is 22.3. The van der Waals surface area contributed by atoms with Gasteiger partial charge in [0.25, 0.3) is 11.8 Å². The van der Waals surface area contributed by atoms with Gasteiger partial charge in [0.05, 0.1) is 11.9 Å². The Balaban J connectivity index is 1.79. The van der Waals surface area contributed by atoms with Gasteiger partial charge in [0.1, 0.15) is 5.57 Å². The molecule has 1 aliphatic heterocycles. The fraction of sp³-hybridized carbons (Fsp3) is 0.130. The number of halogens is 1. The average molecular weight is 435 g/mol. The first-order chi connectivity index (χ1) is 14.8. The molecule has 1 fully saturated rings. The topological polar surface area (TPSA) is 84.3 Å². The molecule has 1 N–H and O–H groups in total. The highest BCUT2D eigenvalue weighted by atomic mass is 35.5. The van der Waals surface area contributed by atoms with Crippen molar-refractivity contribution in [3.05, 3.63) is 81.9 Å². The maximum Gasteiger partial charge on any atom is 0.336 e. The number of aromatic nitrogens is 2. The Morgan fingerprint density at radius 2 is 1.84 bits per heavy atom. The minimum atomic E-state index is -0.805. The molecule has 1 saturated heterocycles. The average Bonchev–Trinajstić information content (AvgIpc) is 3.00. The standard InChI is InChI=1S/C23H19ClN4O3/c1-13-6-7-17(24)11-20(13)27-14(2)9-16(15(27)3)10-19-21(29)26-23(31)28(22(19)30)18-5-4-8-25-12-18/h4-12H,1-3H3,(H,26,29,31)/b19-10+. The number of rotatable bonds is 3. The van der Waals surface area contributed by atoms with Crippen LogP contribution in [-0.4, -0.2) is 27.4 Å². The van der Waals surface area contributed by atoms with E-state index in [2.05, 4.69) is 10.3 Å². The van der Waals surface area contributed by atoms with Gasteiger partial charge in [-0.05, 0) is 68.3 Å². The predicted molar refractivity (Wildman–Crippen MR) is 118 cm³/mol. The highest BCUT2D eigenvalue weighted by molar-refractivity contribution is 6.39. The molecule has 31 heavy (non-hydrogen) atoms. The first-order valence-electron chi connectivity index (χ1n) is 9.55. The van der Waals surface area contributed by atoms with Crippen LogP contribution in [0.5, 0.6) is 0 Å². The maximum absolute atomic E-state index is 13.0. The quantitative estimate of drug-likeness (QED) is 0.496. The maximum atomic E-state index is 13.0. The van der Waals surface area contributed by atoms with Gasteiger partial charge in [-0.25, -0.2) is 9.69 Å². The molecule has 0 atom stereocenters. The van der Waals surface area contributed by atoms with E-state index in [0.717, 1.165) is 27.5 Å². The van der Waals surface area contributed by atoms with Gasteiger partial charge < -0.3 is 4.57 Å². The molecule has 0 saturated carbocycles. The number of benzene rings is 1. The van der Waals surface area contributed by atoms with Gasteiger partial charge in [-0.2, -0.15) is 0 Å². The molecule has 2 aromatic heterocycles. The third-order valence-electron chi connectivity index (χ3n) is 5.19. The van der Waals surface area contributed by atoms with Crippen LogP contribution in [0.4, 0.5) is 10.5 Å². The molecule has 0 aliphatic carbocycles. The number of hydrogen-bond acceptors (Lipinski definition) is 4. The highest BCUT2D eigenvalue weighted by Crippen LogP contribution is 2.28. The number of hydrogen-bond donors (Lipinski definition) is 1. The number of nitrogens with one attached hydrogen (secondary N) is 1. The monoisotopic (exact) mass is 434 g/mol. The predicted octanol–water partition coefficient (Wildman–Crippen LogP) is 4.12. The normalized spacial score (nSPS) is 15.5. The van der Waals surface area contributed by atoms with Gasteiger partial charge in [0, 0.05) is 28.3 Å². The van der Waals surface area contributed by atoms with Crippen molar-refractivity contribution in [3.8, 4) is 5.69 Å². The van der Waals surface area contributed by atoms with E-state index < -0.39 is 17.8 Å². The van der Waals surface area contributed by atoms with E-state index in [4.69, 9.17) is 11.6 Å². The van der Waals surface area contributed by atoms with E-state index in [1.165, 1.54) is 18.5 Å². The van der Waals surface area contributed by atoms with Crippen molar-refractivity contribution in [3.63, 3.8) is 0 Å². The summed E-state index contributed by atoms with van der Waals surface area (Å²) in [6, 6.07) is 9.89. The molecule has 1 aromatic carbocycles. The van der Waals surface area contributed by atoms with Crippen molar-refractivity contribution in [2.24, 2.45) is 0 Å². The molecule has 3 heterocycles. The van der Waals surface area contributed by atoms with Crippen LogP contribution in [0, 0.1) is 20.8 Å². The number of carbonyl (C=O) groups is 3. The van der Waals surface area contributed by atoms with Gasteiger partial charge in [-0.3, -0.25) is 19.9 Å². The molecule has 7 nitrogen and oxygen atoms in total. The molecular formula is C23H19ClN4O3. The fourth-order valence-corrected chi connectivity index (χ4v) is 3.83. The summed E-state index contributed by atoms with van der Waals surface area (Å²) in [4.78, 5) is 42.7. The van der Waals surface area contributed by atoms with Crippen molar-refractivity contribution in [1.82, 2.24) is 14.9 Å². The minimum absolute atomic E-state index is 0.133. The zero-order valence-electron chi connectivity index (χ0n) is 17.1. The van der Waals surface area contributed by atoms with Gasteiger partial charge >= 0.3 is 6.03 Å². The summed E-state index contributed by atoms with van der Waals surface area (Å²) in [7, 11) is 0. The van der Waals surface area contributed by atoms with Gasteiger partial charge in [0.2, 0.25) is 0 Å². The molecule has 0 spiro atoms. The number of urea groups is 1. The summed E-state index contributed by atoms with van der Waals surface area (Å²) in [6.07, 6.45) is 4.43. The Kier molecular flexibility index (Phi) is 5.20.